The molecule has 0 aliphatic rings. The molecule has 0 N–H and O–H groups in total. The van der Waals surface area contributed by atoms with Gasteiger partial charge in [-0.05, 0) is 24.3 Å². The monoisotopic (exact) mass is 263 g/mol. The quantitative estimate of drug-likeness (QED) is 0.824. The minimum Gasteiger partial charge on any atom is -0.334 e. The van der Waals surface area contributed by atoms with Gasteiger partial charge in [0.2, 0.25) is 0 Å². The zero-order valence-electron chi connectivity index (χ0n) is 9.49. The SMILES string of the molecule is CS(=O)(=O)Cc1noc(-c2ccc(C#N)cc2)n1. The van der Waals surface area contributed by atoms with Gasteiger partial charge >= 0.3 is 0 Å². The van der Waals surface area contributed by atoms with Gasteiger partial charge in [0.05, 0.1) is 11.6 Å². The van der Waals surface area contributed by atoms with Crippen LogP contribution in [0.3, 0.4) is 0 Å². The predicted octanol–water partition coefficient (Wildman–Crippen LogP) is 1.15. The van der Waals surface area contributed by atoms with Crippen LogP contribution in [0.5, 0.6) is 0 Å². The van der Waals surface area contributed by atoms with Gasteiger partial charge in [0.15, 0.2) is 15.7 Å². The van der Waals surface area contributed by atoms with E-state index in [-0.39, 0.29) is 17.5 Å². The number of benzene rings is 1. The number of aromatic nitrogens is 2. The fraction of sp³-hybridized carbons (Fsp3) is 0.182. The molecular formula is C11H9N3O3S. The fourth-order valence-corrected chi connectivity index (χ4v) is 1.94. The van der Waals surface area contributed by atoms with Gasteiger partial charge in [-0.2, -0.15) is 10.2 Å². The molecule has 0 radical (unpaired) electrons. The highest BCUT2D eigenvalue weighted by atomic mass is 32.2. The van der Waals surface area contributed by atoms with E-state index in [4.69, 9.17) is 9.78 Å². The summed E-state index contributed by atoms with van der Waals surface area (Å²) in [7, 11) is -3.18. The van der Waals surface area contributed by atoms with Crippen LogP contribution >= 0.6 is 0 Å². The molecule has 6 nitrogen and oxygen atoms in total. The van der Waals surface area contributed by atoms with Gasteiger partial charge in [0.25, 0.3) is 5.89 Å². The third-order valence-electron chi connectivity index (χ3n) is 2.12. The van der Waals surface area contributed by atoms with Gasteiger partial charge in [-0.15, -0.1) is 0 Å². The lowest BCUT2D eigenvalue weighted by Gasteiger charge is -1.93. The van der Waals surface area contributed by atoms with Crippen molar-refractivity contribution in [2.75, 3.05) is 6.26 Å². The van der Waals surface area contributed by atoms with E-state index in [0.717, 1.165) is 6.26 Å². The van der Waals surface area contributed by atoms with Crippen LogP contribution in [-0.4, -0.2) is 24.8 Å². The molecule has 0 saturated carbocycles. The van der Waals surface area contributed by atoms with E-state index in [1.807, 2.05) is 6.07 Å². The van der Waals surface area contributed by atoms with Crippen LogP contribution < -0.4 is 0 Å². The van der Waals surface area contributed by atoms with Crippen LogP contribution in [0.2, 0.25) is 0 Å². The van der Waals surface area contributed by atoms with Gasteiger partial charge in [0, 0.05) is 11.8 Å². The van der Waals surface area contributed by atoms with E-state index in [0.29, 0.717) is 11.1 Å². The smallest absolute Gasteiger partial charge is 0.257 e. The summed E-state index contributed by atoms with van der Waals surface area (Å²) in [4.78, 5) is 3.98. The second-order valence-corrected chi connectivity index (χ2v) is 5.92. The molecule has 0 saturated heterocycles. The Labute approximate surface area is 104 Å². The van der Waals surface area contributed by atoms with Crippen LogP contribution in [0.15, 0.2) is 28.8 Å². The number of hydrogen-bond acceptors (Lipinski definition) is 6. The lowest BCUT2D eigenvalue weighted by atomic mass is 10.1. The van der Waals surface area contributed by atoms with Crippen molar-refractivity contribution in [1.29, 1.82) is 5.26 Å². The Morgan fingerprint density at radius 2 is 2.00 bits per heavy atom. The van der Waals surface area contributed by atoms with Crippen LogP contribution in [0.25, 0.3) is 11.5 Å². The van der Waals surface area contributed by atoms with E-state index in [9.17, 15) is 8.42 Å². The number of nitriles is 1. The molecular weight excluding hydrogens is 254 g/mol. The average molecular weight is 263 g/mol. The molecule has 18 heavy (non-hydrogen) atoms. The molecule has 0 spiro atoms. The second kappa shape index (κ2) is 4.58. The Balaban J connectivity index is 2.27. The van der Waals surface area contributed by atoms with Gasteiger partial charge in [-0.1, -0.05) is 5.16 Å². The van der Waals surface area contributed by atoms with Crippen molar-refractivity contribution in [3.05, 3.63) is 35.7 Å². The topological polar surface area (TPSA) is 96.9 Å². The maximum Gasteiger partial charge on any atom is 0.257 e. The molecule has 1 heterocycles. The Hall–Kier alpha value is -2.20. The van der Waals surface area contributed by atoms with E-state index >= 15 is 0 Å². The highest BCUT2D eigenvalue weighted by molar-refractivity contribution is 7.89. The summed E-state index contributed by atoms with van der Waals surface area (Å²) < 4.78 is 27.1. The molecule has 0 atom stereocenters. The maximum atomic E-state index is 11.1. The average Bonchev–Trinajstić information content (AvgIpc) is 2.75. The summed E-state index contributed by atoms with van der Waals surface area (Å²) in [5.41, 5.74) is 1.16. The summed E-state index contributed by atoms with van der Waals surface area (Å²) in [5.74, 6) is 0.0993. The molecule has 2 aromatic rings. The van der Waals surface area contributed by atoms with Crippen molar-refractivity contribution in [2.24, 2.45) is 0 Å². The van der Waals surface area contributed by atoms with E-state index in [2.05, 4.69) is 10.1 Å². The molecule has 0 aliphatic heterocycles. The molecule has 0 amide bonds. The standard InChI is InChI=1S/C11H9N3O3S/c1-18(15,16)7-10-13-11(17-14-10)9-4-2-8(6-12)3-5-9/h2-5H,7H2,1H3. The third-order valence-corrected chi connectivity index (χ3v) is 2.90. The van der Waals surface area contributed by atoms with E-state index in [1.54, 1.807) is 24.3 Å². The first-order chi connectivity index (χ1) is 8.48. The van der Waals surface area contributed by atoms with Crippen LogP contribution in [0.1, 0.15) is 11.4 Å². The van der Waals surface area contributed by atoms with Gasteiger partial charge in [-0.3, -0.25) is 0 Å². The Kier molecular flexibility index (Phi) is 3.12. The summed E-state index contributed by atoms with van der Waals surface area (Å²) in [6, 6.07) is 8.56. The first-order valence-electron chi connectivity index (χ1n) is 4.99. The highest BCUT2D eigenvalue weighted by Crippen LogP contribution is 2.18. The van der Waals surface area contributed by atoms with Crippen molar-refractivity contribution in [3.8, 4) is 17.5 Å². The van der Waals surface area contributed by atoms with Crippen molar-refractivity contribution in [3.63, 3.8) is 0 Å². The first kappa shape index (κ1) is 12.3. The number of hydrogen-bond donors (Lipinski definition) is 0. The van der Waals surface area contributed by atoms with Crippen LogP contribution in [0.4, 0.5) is 0 Å². The van der Waals surface area contributed by atoms with Gasteiger partial charge < -0.3 is 4.52 Å². The minimum absolute atomic E-state index is 0.122. The molecule has 92 valence electrons. The molecule has 0 unspecified atom stereocenters. The zero-order chi connectivity index (χ0) is 13.2. The maximum absolute atomic E-state index is 11.1. The lowest BCUT2D eigenvalue weighted by molar-refractivity contribution is 0.424. The summed E-state index contributed by atoms with van der Waals surface area (Å²) in [5, 5.41) is 12.3. The molecule has 0 aliphatic carbocycles. The molecule has 7 heteroatoms. The molecule has 0 bridgehead atoms. The number of rotatable bonds is 3. The highest BCUT2D eigenvalue weighted by Gasteiger charge is 2.13. The molecule has 1 aromatic heterocycles. The lowest BCUT2D eigenvalue weighted by Crippen LogP contribution is -2.02. The van der Waals surface area contributed by atoms with Gasteiger partial charge in [0.1, 0.15) is 5.75 Å². The Morgan fingerprint density at radius 3 is 2.56 bits per heavy atom. The third kappa shape index (κ3) is 2.93. The van der Waals surface area contributed by atoms with Crippen molar-refractivity contribution >= 4 is 9.84 Å². The van der Waals surface area contributed by atoms with Crippen molar-refractivity contribution in [2.45, 2.75) is 5.75 Å². The summed E-state index contributed by atoms with van der Waals surface area (Å²) in [6.45, 7) is 0. The van der Waals surface area contributed by atoms with Gasteiger partial charge in [-0.25, -0.2) is 8.42 Å². The number of sulfone groups is 1. The normalized spacial score (nSPS) is 11.1. The van der Waals surface area contributed by atoms with E-state index < -0.39 is 9.84 Å². The fourth-order valence-electron chi connectivity index (χ4n) is 1.35. The van der Waals surface area contributed by atoms with Crippen LogP contribution in [0, 0.1) is 11.3 Å². The van der Waals surface area contributed by atoms with Crippen molar-refractivity contribution in [1.82, 2.24) is 10.1 Å². The summed E-state index contributed by atoms with van der Waals surface area (Å²) >= 11 is 0. The Morgan fingerprint density at radius 1 is 1.33 bits per heavy atom. The second-order valence-electron chi connectivity index (χ2n) is 3.78. The summed E-state index contributed by atoms with van der Waals surface area (Å²) in [6.07, 6.45) is 1.10. The minimum atomic E-state index is -3.18. The largest absolute Gasteiger partial charge is 0.334 e. The first-order valence-corrected chi connectivity index (χ1v) is 7.05. The van der Waals surface area contributed by atoms with Crippen LogP contribution in [-0.2, 0) is 15.6 Å². The molecule has 0 fully saturated rings. The zero-order valence-corrected chi connectivity index (χ0v) is 10.3. The van der Waals surface area contributed by atoms with Crippen molar-refractivity contribution < 1.29 is 12.9 Å². The molecule has 1 aromatic carbocycles. The molecule has 2 rings (SSSR count). The Bertz CT molecular complexity index is 696. The van der Waals surface area contributed by atoms with E-state index in [1.165, 1.54) is 0 Å². The number of nitrogens with zero attached hydrogens (tertiary/aromatic N) is 3. The predicted molar refractivity (Wildman–Crippen MR) is 63.0 cm³/mol.